The molecule has 17 heavy (non-hydrogen) atoms. The Morgan fingerprint density at radius 3 is 2.59 bits per heavy atom. The number of aliphatic hydroxyl groups excluding tert-OH is 1. The van der Waals surface area contributed by atoms with E-state index in [1.54, 1.807) is 7.11 Å². The lowest BCUT2D eigenvalue weighted by molar-refractivity contribution is -0.0279. The molecule has 2 unspecified atom stereocenters. The molecule has 1 N–H and O–H groups in total. The highest BCUT2D eigenvalue weighted by Gasteiger charge is 2.42. The SMILES string of the molecule is COCCN(C1CC1)C1CC(C)(C)CCC1O. The van der Waals surface area contributed by atoms with Crippen LogP contribution in [0.5, 0.6) is 0 Å². The van der Waals surface area contributed by atoms with Gasteiger partial charge in [0.05, 0.1) is 12.7 Å². The molecule has 0 heterocycles. The molecule has 2 saturated carbocycles. The molecule has 0 saturated heterocycles. The fourth-order valence-electron chi connectivity index (χ4n) is 3.10. The summed E-state index contributed by atoms with van der Waals surface area (Å²) in [5.74, 6) is 0. The van der Waals surface area contributed by atoms with Crippen LogP contribution >= 0.6 is 0 Å². The van der Waals surface area contributed by atoms with Gasteiger partial charge in [0.1, 0.15) is 0 Å². The molecule has 0 bridgehead atoms. The number of methoxy groups -OCH3 is 1. The van der Waals surface area contributed by atoms with Crippen molar-refractivity contribution in [1.82, 2.24) is 4.90 Å². The fourth-order valence-corrected chi connectivity index (χ4v) is 3.10. The van der Waals surface area contributed by atoms with Crippen molar-refractivity contribution >= 4 is 0 Å². The Hall–Kier alpha value is -0.120. The lowest BCUT2D eigenvalue weighted by Gasteiger charge is -2.44. The van der Waals surface area contributed by atoms with Gasteiger partial charge in [-0.3, -0.25) is 4.90 Å². The second-order valence-electron chi connectivity index (χ2n) is 6.50. The maximum atomic E-state index is 10.3. The highest BCUT2D eigenvalue weighted by molar-refractivity contribution is 4.96. The number of hydrogen-bond donors (Lipinski definition) is 1. The molecule has 2 aliphatic rings. The summed E-state index contributed by atoms with van der Waals surface area (Å²) >= 11 is 0. The molecule has 0 aromatic heterocycles. The quantitative estimate of drug-likeness (QED) is 0.799. The van der Waals surface area contributed by atoms with Gasteiger partial charge < -0.3 is 9.84 Å². The summed E-state index contributed by atoms with van der Waals surface area (Å²) in [5.41, 5.74) is 0.379. The van der Waals surface area contributed by atoms with E-state index in [4.69, 9.17) is 4.74 Å². The molecule has 2 atom stereocenters. The monoisotopic (exact) mass is 241 g/mol. The Bertz CT molecular complexity index is 251. The number of rotatable bonds is 5. The predicted octanol–water partition coefficient (Wildman–Crippen LogP) is 2.04. The van der Waals surface area contributed by atoms with Crippen molar-refractivity contribution in [2.45, 2.75) is 64.1 Å². The molecule has 0 aromatic carbocycles. The molecule has 2 aliphatic carbocycles. The smallest absolute Gasteiger partial charge is 0.0695 e. The zero-order valence-corrected chi connectivity index (χ0v) is 11.5. The minimum absolute atomic E-state index is 0.138. The van der Waals surface area contributed by atoms with Crippen molar-refractivity contribution in [2.75, 3.05) is 20.3 Å². The van der Waals surface area contributed by atoms with E-state index in [2.05, 4.69) is 18.7 Å². The van der Waals surface area contributed by atoms with Crippen LogP contribution in [-0.4, -0.2) is 48.5 Å². The lowest BCUT2D eigenvalue weighted by Crippen LogP contribution is -2.51. The zero-order valence-electron chi connectivity index (χ0n) is 11.5. The third-order valence-electron chi connectivity index (χ3n) is 4.32. The van der Waals surface area contributed by atoms with Crippen molar-refractivity contribution in [3.05, 3.63) is 0 Å². The van der Waals surface area contributed by atoms with Gasteiger partial charge in [-0.15, -0.1) is 0 Å². The maximum Gasteiger partial charge on any atom is 0.0695 e. The van der Waals surface area contributed by atoms with Crippen molar-refractivity contribution in [1.29, 1.82) is 0 Å². The summed E-state index contributed by atoms with van der Waals surface area (Å²) in [4.78, 5) is 2.51. The second-order valence-corrected chi connectivity index (χ2v) is 6.50. The first kappa shape index (κ1) is 13.3. The van der Waals surface area contributed by atoms with Crippen molar-refractivity contribution < 1.29 is 9.84 Å². The highest BCUT2D eigenvalue weighted by atomic mass is 16.5. The number of hydrogen-bond acceptors (Lipinski definition) is 3. The van der Waals surface area contributed by atoms with E-state index in [9.17, 15) is 5.11 Å². The van der Waals surface area contributed by atoms with Gasteiger partial charge in [0.15, 0.2) is 0 Å². The first-order valence-corrected chi connectivity index (χ1v) is 6.96. The normalized spacial score (nSPS) is 33.0. The molecule has 0 amide bonds. The summed E-state index contributed by atoms with van der Waals surface area (Å²) in [7, 11) is 1.76. The summed E-state index contributed by atoms with van der Waals surface area (Å²) in [6.45, 7) is 6.40. The van der Waals surface area contributed by atoms with Gasteiger partial charge in [-0.25, -0.2) is 0 Å². The Morgan fingerprint density at radius 2 is 2.00 bits per heavy atom. The molecule has 0 aliphatic heterocycles. The summed E-state index contributed by atoms with van der Waals surface area (Å²) in [6.07, 6.45) is 5.68. The molecule has 3 nitrogen and oxygen atoms in total. The van der Waals surface area contributed by atoms with Gasteiger partial charge in [-0.2, -0.15) is 0 Å². The average molecular weight is 241 g/mol. The van der Waals surface area contributed by atoms with Gasteiger partial charge in [-0.05, 0) is 37.5 Å². The average Bonchev–Trinajstić information content (AvgIpc) is 3.08. The van der Waals surface area contributed by atoms with Crippen LogP contribution in [0.2, 0.25) is 0 Å². The van der Waals surface area contributed by atoms with Crippen LogP contribution < -0.4 is 0 Å². The number of aliphatic hydroxyl groups is 1. The summed E-state index contributed by atoms with van der Waals surface area (Å²) in [6, 6.07) is 1.06. The summed E-state index contributed by atoms with van der Waals surface area (Å²) < 4.78 is 5.20. The van der Waals surface area contributed by atoms with E-state index < -0.39 is 0 Å². The topological polar surface area (TPSA) is 32.7 Å². The first-order valence-electron chi connectivity index (χ1n) is 6.96. The van der Waals surface area contributed by atoms with Crippen LogP contribution in [0.4, 0.5) is 0 Å². The van der Waals surface area contributed by atoms with Crippen LogP contribution in [0.3, 0.4) is 0 Å². The third-order valence-corrected chi connectivity index (χ3v) is 4.32. The summed E-state index contributed by atoms with van der Waals surface area (Å²) in [5, 5.41) is 10.3. The highest BCUT2D eigenvalue weighted by Crippen LogP contribution is 2.40. The Balaban J connectivity index is 1.99. The molecule has 0 aromatic rings. The molecule has 0 radical (unpaired) electrons. The largest absolute Gasteiger partial charge is 0.391 e. The third kappa shape index (κ3) is 3.43. The minimum Gasteiger partial charge on any atom is -0.391 e. The van der Waals surface area contributed by atoms with E-state index in [1.165, 1.54) is 12.8 Å². The Kier molecular flexibility index (Phi) is 4.11. The first-order chi connectivity index (χ1) is 8.03. The van der Waals surface area contributed by atoms with Crippen molar-refractivity contribution in [2.24, 2.45) is 5.41 Å². The van der Waals surface area contributed by atoms with Crippen LogP contribution in [0.1, 0.15) is 46.0 Å². The fraction of sp³-hybridized carbons (Fsp3) is 1.00. The lowest BCUT2D eigenvalue weighted by atomic mass is 9.73. The van der Waals surface area contributed by atoms with E-state index >= 15 is 0 Å². The van der Waals surface area contributed by atoms with Crippen LogP contribution in [0, 0.1) is 5.41 Å². The number of nitrogens with zero attached hydrogens (tertiary/aromatic N) is 1. The van der Waals surface area contributed by atoms with E-state index in [-0.39, 0.29) is 6.10 Å². The van der Waals surface area contributed by atoms with Crippen molar-refractivity contribution in [3.8, 4) is 0 Å². The minimum atomic E-state index is -0.138. The van der Waals surface area contributed by atoms with E-state index in [0.29, 0.717) is 17.5 Å². The molecule has 2 fully saturated rings. The van der Waals surface area contributed by atoms with E-state index in [0.717, 1.165) is 32.4 Å². The zero-order chi connectivity index (χ0) is 12.5. The maximum absolute atomic E-state index is 10.3. The second kappa shape index (κ2) is 5.25. The van der Waals surface area contributed by atoms with Gasteiger partial charge in [0.2, 0.25) is 0 Å². The molecule has 100 valence electrons. The predicted molar refractivity (Wildman–Crippen MR) is 69.0 cm³/mol. The van der Waals surface area contributed by atoms with Crippen LogP contribution in [-0.2, 0) is 4.74 Å². The molecular formula is C14H27NO2. The van der Waals surface area contributed by atoms with Gasteiger partial charge in [0.25, 0.3) is 0 Å². The Morgan fingerprint density at radius 1 is 1.29 bits per heavy atom. The molecule has 3 heteroatoms. The van der Waals surface area contributed by atoms with E-state index in [1.807, 2.05) is 0 Å². The molecule has 0 spiro atoms. The Labute approximate surface area is 105 Å². The van der Waals surface area contributed by atoms with Crippen LogP contribution in [0.25, 0.3) is 0 Å². The standard InChI is InChI=1S/C14H27NO2/c1-14(2)7-6-13(16)12(10-14)15(8-9-17-3)11-4-5-11/h11-13,16H,4-10H2,1-3H3. The van der Waals surface area contributed by atoms with Crippen LogP contribution in [0.15, 0.2) is 0 Å². The van der Waals surface area contributed by atoms with Gasteiger partial charge >= 0.3 is 0 Å². The molecular weight excluding hydrogens is 214 g/mol. The molecule has 2 rings (SSSR count). The van der Waals surface area contributed by atoms with Crippen molar-refractivity contribution in [3.63, 3.8) is 0 Å². The van der Waals surface area contributed by atoms with Gasteiger partial charge in [0, 0.05) is 25.7 Å². The van der Waals surface area contributed by atoms with Gasteiger partial charge in [-0.1, -0.05) is 13.8 Å². The number of ether oxygens (including phenoxy) is 1.